The van der Waals surface area contributed by atoms with E-state index in [0.717, 1.165) is 24.2 Å². The summed E-state index contributed by atoms with van der Waals surface area (Å²) in [7, 11) is 0. The van der Waals surface area contributed by atoms with Gasteiger partial charge < -0.3 is 5.32 Å². The van der Waals surface area contributed by atoms with Crippen LogP contribution in [-0.4, -0.2) is 11.0 Å². The highest BCUT2D eigenvalue weighted by molar-refractivity contribution is 5.47. The number of aryl methyl sites for hydroxylation is 2. The van der Waals surface area contributed by atoms with Gasteiger partial charge in [0.15, 0.2) is 0 Å². The minimum absolute atomic E-state index is 0.452. The number of anilines is 1. The van der Waals surface area contributed by atoms with E-state index >= 15 is 0 Å². The Bertz CT molecular complexity index is 479. The Morgan fingerprint density at radius 1 is 1.11 bits per heavy atom. The van der Waals surface area contributed by atoms with Gasteiger partial charge in [0.2, 0.25) is 0 Å². The van der Waals surface area contributed by atoms with E-state index in [-0.39, 0.29) is 0 Å². The number of hydrogen-bond donors (Lipinski definition) is 1. The SMILES string of the molecule is Cc1ncccc1NC(C)CCc1ccccc1. The van der Waals surface area contributed by atoms with Crippen molar-refractivity contribution in [2.24, 2.45) is 0 Å². The quantitative estimate of drug-likeness (QED) is 0.859. The molecule has 0 aliphatic carbocycles. The van der Waals surface area contributed by atoms with Crippen LogP contribution in [0.4, 0.5) is 5.69 Å². The average Bonchev–Trinajstić information content (AvgIpc) is 2.40. The number of benzene rings is 1. The van der Waals surface area contributed by atoms with Crippen molar-refractivity contribution in [1.82, 2.24) is 4.98 Å². The minimum atomic E-state index is 0.452. The molecule has 1 aromatic carbocycles. The zero-order valence-corrected chi connectivity index (χ0v) is 11.1. The normalized spacial score (nSPS) is 12.1. The van der Waals surface area contributed by atoms with Crippen LogP contribution in [0, 0.1) is 6.92 Å². The van der Waals surface area contributed by atoms with Gasteiger partial charge in [-0.15, -0.1) is 0 Å². The van der Waals surface area contributed by atoms with Gasteiger partial charge in [0.05, 0.1) is 11.4 Å². The lowest BCUT2D eigenvalue weighted by atomic mass is 10.1. The largest absolute Gasteiger partial charge is 0.381 e. The standard InChI is InChI=1S/C16H20N2/c1-13(10-11-15-7-4-3-5-8-15)18-16-9-6-12-17-14(16)2/h3-9,12-13,18H,10-11H2,1-2H3. The van der Waals surface area contributed by atoms with Crippen LogP contribution < -0.4 is 5.32 Å². The molecule has 2 rings (SSSR count). The Morgan fingerprint density at radius 3 is 2.61 bits per heavy atom. The molecule has 18 heavy (non-hydrogen) atoms. The lowest BCUT2D eigenvalue weighted by Gasteiger charge is -2.16. The van der Waals surface area contributed by atoms with E-state index in [2.05, 4.69) is 53.6 Å². The molecule has 94 valence electrons. The third-order valence-electron chi connectivity index (χ3n) is 3.12. The number of aromatic nitrogens is 1. The summed E-state index contributed by atoms with van der Waals surface area (Å²) in [6.45, 7) is 4.25. The highest BCUT2D eigenvalue weighted by atomic mass is 14.9. The first kappa shape index (κ1) is 12.6. The zero-order valence-electron chi connectivity index (χ0n) is 11.1. The van der Waals surface area contributed by atoms with Gasteiger partial charge >= 0.3 is 0 Å². The molecule has 0 amide bonds. The van der Waals surface area contributed by atoms with E-state index < -0.39 is 0 Å². The van der Waals surface area contributed by atoms with Crippen LogP contribution in [0.3, 0.4) is 0 Å². The van der Waals surface area contributed by atoms with E-state index in [1.54, 1.807) is 0 Å². The summed E-state index contributed by atoms with van der Waals surface area (Å²) in [5, 5.41) is 3.52. The molecule has 2 heteroatoms. The van der Waals surface area contributed by atoms with Crippen molar-refractivity contribution < 1.29 is 0 Å². The molecule has 1 atom stereocenters. The summed E-state index contributed by atoms with van der Waals surface area (Å²) in [4.78, 5) is 4.29. The lowest BCUT2D eigenvalue weighted by Crippen LogP contribution is -2.16. The van der Waals surface area contributed by atoms with Crippen molar-refractivity contribution in [3.05, 3.63) is 59.9 Å². The number of nitrogens with zero attached hydrogens (tertiary/aromatic N) is 1. The van der Waals surface area contributed by atoms with Gasteiger partial charge in [-0.1, -0.05) is 30.3 Å². The Labute approximate surface area is 109 Å². The topological polar surface area (TPSA) is 24.9 Å². The molecule has 0 aliphatic heterocycles. The second-order valence-corrected chi connectivity index (χ2v) is 4.71. The third kappa shape index (κ3) is 3.59. The molecule has 1 aromatic heterocycles. The molecule has 0 spiro atoms. The van der Waals surface area contributed by atoms with Crippen LogP contribution in [0.5, 0.6) is 0 Å². The smallest absolute Gasteiger partial charge is 0.0603 e. The number of hydrogen-bond acceptors (Lipinski definition) is 2. The van der Waals surface area contributed by atoms with Gasteiger partial charge in [0, 0.05) is 12.2 Å². The van der Waals surface area contributed by atoms with E-state index in [1.165, 1.54) is 5.56 Å². The first-order valence-corrected chi connectivity index (χ1v) is 6.48. The zero-order chi connectivity index (χ0) is 12.8. The fraction of sp³-hybridized carbons (Fsp3) is 0.312. The first-order chi connectivity index (χ1) is 8.75. The summed E-state index contributed by atoms with van der Waals surface area (Å²) in [5.74, 6) is 0. The van der Waals surface area contributed by atoms with Crippen LogP contribution in [0.2, 0.25) is 0 Å². The molecule has 0 bridgehead atoms. The number of nitrogens with one attached hydrogen (secondary N) is 1. The fourth-order valence-electron chi connectivity index (χ4n) is 2.00. The lowest BCUT2D eigenvalue weighted by molar-refractivity contribution is 0.705. The van der Waals surface area contributed by atoms with E-state index in [9.17, 15) is 0 Å². The molecule has 0 saturated heterocycles. The van der Waals surface area contributed by atoms with Gasteiger partial charge in [0.1, 0.15) is 0 Å². The van der Waals surface area contributed by atoms with E-state index in [4.69, 9.17) is 0 Å². The molecule has 0 radical (unpaired) electrons. The van der Waals surface area contributed by atoms with Crippen LogP contribution in [0.25, 0.3) is 0 Å². The highest BCUT2D eigenvalue weighted by Gasteiger charge is 2.04. The number of pyridine rings is 1. The minimum Gasteiger partial charge on any atom is -0.381 e. The monoisotopic (exact) mass is 240 g/mol. The molecular formula is C16H20N2. The van der Waals surface area contributed by atoms with E-state index in [1.807, 2.05) is 19.2 Å². The Kier molecular flexibility index (Phi) is 4.35. The van der Waals surface area contributed by atoms with Gasteiger partial charge in [-0.3, -0.25) is 4.98 Å². The predicted octanol–water partition coefficient (Wildman–Crippen LogP) is 3.82. The van der Waals surface area contributed by atoms with Crippen molar-refractivity contribution in [3.63, 3.8) is 0 Å². The summed E-state index contributed by atoms with van der Waals surface area (Å²) >= 11 is 0. The maximum absolute atomic E-state index is 4.29. The van der Waals surface area contributed by atoms with Crippen molar-refractivity contribution in [1.29, 1.82) is 0 Å². The molecule has 1 heterocycles. The van der Waals surface area contributed by atoms with Crippen LogP contribution in [0.1, 0.15) is 24.6 Å². The van der Waals surface area contributed by atoms with Gasteiger partial charge in [-0.25, -0.2) is 0 Å². The third-order valence-corrected chi connectivity index (χ3v) is 3.12. The summed E-state index contributed by atoms with van der Waals surface area (Å²) in [6.07, 6.45) is 4.06. The maximum atomic E-state index is 4.29. The molecule has 1 N–H and O–H groups in total. The van der Waals surface area contributed by atoms with Crippen LogP contribution >= 0.6 is 0 Å². The van der Waals surface area contributed by atoms with Crippen molar-refractivity contribution in [3.8, 4) is 0 Å². The van der Waals surface area contributed by atoms with Gasteiger partial charge in [-0.2, -0.15) is 0 Å². The molecular weight excluding hydrogens is 220 g/mol. The fourth-order valence-corrected chi connectivity index (χ4v) is 2.00. The Balaban J connectivity index is 1.86. The van der Waals surface area contributed by atoms with Crippen LogP contribution in [0.15, 0.2) is 48.7 Å². The number of rotatable bonds is 5. The summed E-state index contributed by atoms with van der Waals surface area (Å²) in [6, 6.07) is 15.1. The predicted molar refractivity (Wildman–Crippen MR) is 76.8 cm³/mol. The molecule has 2 nitrogen and oxygen atoms in total. The molecule has 0 fully saturated rings. The van der Waals surface area contributed by atoms with Crippen molar-refractivity contribution in [2.45, 2.75) is 32.7 Å². The van der Waals surface area contributed by atoms with Gasteiger partial charge in [0.25, 0.3) is 0 Å². The summed E-state index contributed by atoms with van der Waals surface area (Å²) in [5.41, 5.74) is 3.59. The van der Waals surface area contributed by atoms with Crippen molar-refractivity contribution in [2.75, 3.05) is 5.32 Å². The highest BCUT2D eigenvalue weighted by Crippen LogP contribution is 2.14. The molecule has 2 aromatic rings. The Hall–Kier alpha value is -1.83. The Morgan fingerprint density at radius 2 is 1.89 bits per heavy atom. The van der Waals surface area contributed by atoms with Gasteiger partial charge in [-0.05, 0) is 44.4 Å². The van der Waals surface area contributed by atoms with E-state index in [0.29, 0.717) is 6.04 Å². The van der Waals surface area contributed by atoms with Crippen molar-refractivity contribution >= 4 is 5.69 Å². The molecule has 0 aliphatic rings. The maximum Gasteiger partial charge on any atom is 0.0603 e. The van der Waals surface area contributed by atoms with Crippen LogP contribution in [-0.2, 0) is 6.42 Å². The average molecular weight is 240 g/mol. The second-order valence-electron chi connectivity index (χ2n) is 4.71. The first-order valence-electron chi connectivity index (χ1n) is 6.48. The molecule has 1 unspecified atom stereocenters. The molecule has 0 saturated carbocycles. The summed E-state index contributed by atoms with van der Waals surface area (Å²) < 4.78 is 0. The second kappa shape index (κ2) is 6.20.